The van der Waals surface area contributed by atoms with Gasteiger partial charge in [-0.05, 0) is 52.2 Å². The smallest absolute Gasteiger partial charge is 0.481 e. The molecule has 1 heterocycles. The molecule has 1 aliphatic heterocycles. The van der Waals surface area contributed by atoms with Gasteiger partial charge in [0.2, 0.25) is 0 Å². The lowest BCUT2D eigenvalue weighted by molar-refractivity contribution is -0.123. The quantitative estimate of drug-likeness (QED) is 0.847. The minimum Gasteiger partial charge on any atom is -0.481 e. The Morgan fingerprint density at radius 1 is 1.14 bits per heavy atom. The first-order valence-electron chi connectivity index (χ1n) is 7.04. The number of ether oxygens (including phenoxy) is 1. The summed E-state index contributed by atoms with van der Waals surface area (Å²) in [6, 6.07) is 7.29. The van der Waals surface area contributed by atoms with Crippen molar-refractivity contribution in [2.75, 3.05) is 0 Å². The summed E-state index contributed by atoms with van der Waals surface area (Å²) in [5.41, 5.74) is 5.34. The summed E-state index contributed by atoms with van der Waals surface area (Å²) in [4.78, 5) is 11.0. The van der Waals surface area contributed by atoms with E-state index in [4.69, 9.17) is 19.8 Å². The number of amides is 1. The Hall–Kier alpha value is -1.53. The van der Waals surface area contributed by atoms with Gasteiger partial charge in [-0.3, -0.25) is 4.79 Å². The van der Waals surface area contributed by atoms with Crippen molar-refractivity contribution in [3.8, 4) is 5.75 Å². The van der Waals surface area contributed by atoms with Gasteiger partial charge in [-0.15, -0.1) is 0 Å². The lowest BCUT2D eigenvalue weighted by Crippen LogP contribution is -2.41. The van der Waals surface area contributed by atoms with E-state index in [1.807, 2.05) is 39.8 Å². The van der Waals surface area contributed by atoms with Crippen molar-refractivity contribution in [3.63, 3.8) is 0 Å². The molecule has 5 nitrogen and oxygen atoms in total. The molecular weight excluding hydrogens is 269 g/mol. The summed E-state index contributed by atoms with van der Waals surface area (Å²) in [6.45, 7) is 9.67. The molecule has 0 spiro atoms. The Morgan fingerprint density at radius 2 is 1.62 bits per heavy atom. The average molecular weight is 291 g/mol. The van der Waals surface area contributed by atoms with Crippen molar-refractivity contribution in [1.29, 1.82) is 0 Å². The molecule has 1 aromatic rings. The van der Waals surface area contributed by atoms with Crippen LogP contribution in [0.25, 0.3) is 0 Å². The molecule has 1 aliphatic rings. The molecule has 2 rings (SSSR count). The number of carbonyl (C=O) groups is 1. The second-order valence-electron chi connectivity index (χ2n) is 6.32. The van der Waals surface area contributed by atoms with Crippen molar-refractivity contribution in [2.45, 2.75) is 51.9 Å². The largest absolute Gasteiger partial charge is 0.494 e. The number of carbonyl (C=O) groups excluding carboxylic acids is 1. The third kappa shape index (κ3) is 3.22. The van der Waals surface area contributed by atoms with Crippen LogP contribution in [0.15, 0.2) is 24.3 Å². The van der Waals surface area contributed by atoms with E-state index in [2.05, 4.69) is 0 Å². The Balaban J connectivity index is 2.09. The van der Waals surface area contributed by atoms with Crippen molar-refractivity contribution < 1.29 is 18.8 Å². The molecule has 2 N–H and O–H groups in total. The van der Waals surface area contributed by atoms with E-state index in [0.29, 0.717) is 5.75 Å². The van der Waals surface area contributed by atoms with Crippen LogP contribution in [0.1, 0.15) is 34.6 Å². The lowest BCUT2D eigenvalue weighted by atomic mass is 9.79. The Bertz CT molecular complexity index is 511. The summed E-state index contributed by atoms with van der Waals surface area (Å²) in [6.07, 6.45) is -0.660. The summed E-state index contributed by atoms with van der Waals surface area (Å²) < 4.78 is 17.4. The summed E-state index contributed by atoms with van der Waals surface area (Å²) in [5, 5.41) is 0. The minimum atomic E-state index is -0.660. The molecule has 1 fully saturated rings. The van der Waals surface area contributed by atoms with Gasteiger partial charge in [-0.1, -0.05) is 12.1 Å². The van der Waals surface area contributed by atoms with Gasteiger partial charge >= 0.3 is 7.12 Å². The molecular formula is C15H22BNO4. The number of primary amides is 1. The van der Waals surface area contributed by atoms with E-state index in [0.717, 1.165) is 5.46 Å². The highest BCUT2D eigenvalue weighted by Gasteiger charge is 2.51. The lowest BCUT2D eigenvalue weighted by Gasteiger charge is -2.32. The normalized spacial score (nSPS) is 21.1. The molecule has 1 amide bonds. The highest BCUT2D eigenvalue weighted by molar-refractivity contribution is 6.62. The van der Waals surface area contributed by atoms with Crippen LogP contribution in [-0.2, 0) is 14.1 Å². The van der Waals surface area contributed by atoms with Crippen molar-refractivity contribution in [2.24, 2.45) is 5.73 Å². The zero-order chi connectivity index (χ0) is 15.8. The van der Waals surface area contributed by atoms with Gasteiger partial charge in [-0.2, -0.15) is 0 Å². The van der Waals surface area contributed by atoms with Gasteiger partial charge in [-0.25, -0.2) is 0 Å². The van der Waals surface area contributed by atoms with E-state index in [9.17, 15) is 4.79 Å². The molecule has 1 aromatic carbocycles. The molecule has 0 bridgehead atoms. The second kappa shape index (κ2) is 5.35. The van der Waals surface area contributed by atoms with Gasteiger partial charge in [0, 0.05) is 0 Å². The fourth-order valence-corrected chi connectivity index (χ4v) is 1.94. The summed E-state index contributed by atoms with van der Waals surface area (Å²) in [7, 11) is -0.405. The molecule has 1 unspecified atom stereocenters. The summed E-state index contributed by atoms with van der Waals surface area (Å²) >= 11 is 0. The maximum Gasteiger partial charge on any atom is 0.494 e. The fraction of sp³-hybridized carbons (Fsp3) is 0.533. The van der Waals surface area contributed by atoms with Gasteiger partial charge in [0.15, 0.2) is 6.10 Å². The number of rotatable bonds is 4. The molecule has 1 atom stereocenters. The molecule has 0 aromatic heterocycles. The van der Waals surface area contributed by atoms with E-state index in [-0.39, 0.29) is 11.2 Å². The minimum absolute atomic E-state index is 0.368. The van der Waals surface area contributed by atoms with Crippen LogP contribution >= 0.6 is 0 Å². The first-order chi connectivity index (χ1) is 9.62. The molecule has 1 saturated heterocycles. The fourth-order valence-electron chi connectivity index (χ4n) is 1.94. The third-order valence-electron chi connectivity index (χ3n) is 4.12. The van der Waals surface area contributed by atoms with E-state index in [1.165, 1.54) is 0 Å². The van der Waals surface area contributed by atoms with Crippen molar-refractivity contribution in [3.05, 3.63) is 24.3 Å². The van der Waals surface area contributed by atoms with Crippen LogP contribution in [-0.4, -0.2) is 30.3 Å². The standard InChI is InChI=1S/C15H22BNO4/c1-10(13(17)18)19-12-8-6-11(7-9-12)16-20-14(2,3)15(4,5)21-16/h6-10H,1-5H3,(H2,17,18). The van der Waals surface area contributed by atoms with E-state index < -0.39 is 19.1 Å². The number of hydrogen-bond acceptors (Lipinski definition) is 4. The summed E-state index contributed by atoms with van der Waals surface area (Å²) in [5.74, 6) is 0.0894. The Morgan fingerprint density at radius 3 is 2.05 bits per heavy atom. The van der Waals surface area contributed by atoms with Gasteiger partial charge < -0.3 is 19.8 Å². The van der Waals surface area contributed by atoms with Crippen molar-refractivity contribution in [1.82, 2.24) is 0 Å². The molecule has 0 saturated carbocycles. The monoisotopic (exact) mass is 291 g/mol. The first kappa shape index (κ1) is 15.9. The van der Waals surface area contributed by atoms with Crippen LogP contribution < -0.4 is 15.9 Å². The topological polar surface area (TPSA) is 70.8 Å². The predicted molar refractivity (Wildman–Crippen MR) is 81.4 cm³/mol. The third-order valence-corrected chi connectivity index (χ3v) is 4.12. The van der Waals surface area contributed by atoms with Gasteiger partial charge in [0.25, 0.3) is 5.91 Å². The van der Waals surface area contributed by atoms with E-state index >= 15 is 0 Å². The molecule has 0 aliphatic carbocycles. The van der Waals surface area contributed by atoms with Crippen LogP contribution in [0.4, 0.5) is 0 Å². The number of benzene rings is 1. The first-order valence-corrected chi connectivity index (χ1v) is 7.04. The maximum absolute atomic E-state index is 11.0. The highest BCUT2D eigenvalue weighted by atomic mass is 16.7. The van der Waals surface area contributed by atoms with Crippen LogP contribution in [0, 0.1) is 0 Å². The molecule has 21 heavy (non-hydrogen) atoms. The predicted octanol–water partition coefficient (Wildman–Crippen LogP) is 1.24. The van der Waals surface area contributed by atoms with Gasteiger partial charge in [0.05, 0.1) is 11.2 Å². The molecule has 6 heteroatoms. The van der Waals surface area contributed by atoms with Crippen LogP contribution in [0.3, 0.4) is 0 Å². The van der Waals surface area contributed by atoms with Crippen LogP contribution in [0.5, 0.6) is 5.75 Å². The maximum atomic E-state index is 11.0. The molecule has 114 valence electrons. The SMILES string of the molecule is CC(Oc1ccc(B2OC(C)(C)C(C)(C)O2)cc1)C(N)=O. The zero-order valence-electron chi connectivity index (χ0n) is 13.2. The second-order valence-corrected chi connectivity index (χ2v) is 6.32. The van der Waals surface area contributed by atoms with Gasteiger partial charge in [0.1, 0.15) is 5.75 Å². The highest BCUT2D eigenvalue weighted by Crippen LogP contribution is 2.36. The van der Waals surface area contributed by atoms with E-state index in [1.54, 1.807) is 19.1 Å². The van der Waals surface area contributed by atoms with Crippen molar-refractivity contribution >= 4 is 18.5 Å². The Labute approximate surface area is 125 Å². The average Bonchev–Trinajstić information content (AvgIpc) is 2.59. The zero-order valence-corrected chi connectivity index (χ0v) is 13.2. The van der Waals surface area contributed by atoms with Crippen LogP contribution in [0.2, 0.25) is 0 Å². The number of hydrogen-bond donors (Lipinski definition) is 1. The molecule has 0 radical (unpaired) electrons. The Kier molecular flexibility index (Phi) is 4.04. The number of nitrogens with two attached hydrogens (primary N) is 1.